The topological polar surface area (TPSA) is 87.9 Å². The van der Waals surface area contributed by atoms with Crippen LogP contribution in [0.2, 0.25) is 0 Å². The van der Waals surface area contributed by atoms with Crippen LogP contribution in [0.15, 0.2) is 24.5 Å². The van der Waals surface area contributed by atoms with Gasteiger partial charge in [-0.25, -0.2) is 4.98 Å². The summed E-state index contributed by atoms with van der Waals surface area (Å²) in [6, 6.07) is 5.93. The molecule has 24 heavy (non-hydrogen) atoms. The van der Waals surface area contributed by atoms with Gasteiger partial charge in [-0.05, 0) is 38.8 Å². The van der Waals surface area contributed by atoms with Crippen molar-refractivity contribution in [3.05, 3.63) is 35.1 Å². The highest BCUT2D eigenvalue weighted by Crippen LogP contribution is 2.29. The Labute approximate surface area is 144 Å². The van der Waals surface area contributed by atoms with Crippen LogP contribution in [0.1, 0.15) is 35.1 Å². The Kier molecular flexibility index (Phi) is 4.60. The summed E-state index contributed by atoms with van der Waals surface area (Å²) in [5, 5.41) is 13.1. The average molecular weight is 342 g/mol. The molecule has 0 bridgehead atoms. The van der Waals surface area contributed by atoms with Gasteiger partial charge in [-0.1, -0.05) is 0 Å². The maximum atomic E-state index is 12.7. The van der Waals surface area contributed by atoms with Gasteiger partial charge in [0.2, 0.25) is 0 Å². The van der Waals surface area contributed by atoms with Crippen molar-refractivity contribution in [1.82, 2.24) is 15.3 Å². The lowest BCUT2D eigenvalue weighted by Gasteiger charge is -2.28. The third-order valence-corrected chi connectivity index (χ3v) is 5.30. The van der Waals surface area contributed by atoms with Gasteiger partial charge in [0.1, 0.15) is 9.88 Å². The molecule has 3 rings (SSSR count). The number of rotatable bonds is 4. The zero-order chi connectivity index (χ0) is 17.2. The molecule has 124 valence electrons. The van der Waals surface area contributed by atoms with Crippen molar-refractivity contribution < 1.29 is 9.53 Å². The van der Waals surface area contributed by atoms with E-state index in [2.05, 4.69) is 21.4 Å². The van der Waals surface area contributed by atoms with Gasteiger partial charge in [-0.3, -0.25) is 9.78 Å². The minimum Gasteiger partial charge on any atom is -0.375 e. The van der Waals surface area contributed by atoms with Crippen LogP contribution in [-0.4, -0.2) is 34.1 Å². The highest BCUT2D eigenvalue weighted by molar-refractivity contribution is 7.17. The van der Waals surface area contributed by atoms with E-state index in [1.807, 2.05) is 12.1 Å². The molecule has 1 N–H and O–H groups in total. The van der Waals surface area contributed by atoms with Gasteiger partial charge < -0.3 is 10.1 Å². The van der Waals surface area contributed by atoms with Gasteiger partial charge in [0.05, 0.1) is 17.9 Å². The number of carbonyl (C=O) groups excluding carboxylic acids is 1. The number of carbonyl (C=O) groups is 1. The van der Waals surface area contributed by atoms with E-state index >= 15 is 0 Å². The Hall–Kier alpha value is -2.30. The van der Waals surface area contributed by atoms with Crippen molar-refractivity contribution in [2.24, 2.45) is 0 Å². The molecule has 0 saturated carbocycles. The molecule has 2 unspecified atom stereocenters. The lowest BCUT2D eigenvalue weighted by Crippen LogP contribution is -2.53. The summed E-state index contributed by atoms with van der Waals surface area (Å²) in [5.74, 6) is -0.292. The highest BCUT2D eigenvalue weighted by Gasteiger charge is 2.39. The van der Waals surface area contributed by atoms with Gasteiger partial charge in [-0.15, -0.1) is 11.3 Å². The number of nitriles is 1. The first-order valence-corrected chi connectivity index (χ1v) is 8.58. The molecular formula is C17H18N4O2S. The van der Waals surface area contributed by atoms with Crippen molar-refractivity contribution in [1.29, 1.82) is 5.26 Å². The summed E-state index contributed by atoms with van der Waals surface area (Å²) in [4.78, 5) is 21.7. The molecule has 0 aromatic carbocycles. The molecule has 1 amide bonds. The summed E-state index contributed by atoms with van der Waals surface area (Å²) in [6.07, 6.45) is 4.80. The Morgan fingerprint density at radius 2 is 2.42 bits per heavy atom. The molecule has 1 fully saturated rings. The zero-order valence-electron chi connectivity index (χ0n) is 13.6. The molecule has 6 nitrogen and oxygen atoms in total. The van der Waals surface area contributed by atoms with Crippen LogP contribution in [0, 0.1) is 18.3 Å². The molecule has 7 heteroatoms. The van der Waals surface area contributed by atoms with Gasteiger partial charge in [0.25, 0.3) is 5.91 Å². The van der Waals surface area contributed by atoms with Gasteiger partial charge in [0.15, 0.2) is 5.54 Å². The molecule has 0 radical (unpaired) electrons. The summed E-state index contributed by atoms with van der Waals surface area (Å²) < 4.78 is 5.59. The smallest absolute Gasteiger partial charge is 0.264 e. The van der Waals surface area contributed by atoms with E-state index in [1.165, 1.54) is 11.3 Å². The van der Waals surface area contributed by atoms with Crippen molar-refractivity contribution in [3.63, 3.8) is 0 Å². The Bertz CT molecular complexity index is 778. The molecule has 1 aliphatic rings. The first-order chi connectivity index (χ1) is 11.5. The van der Waals surface area contributed by atoms with Gasteiger partial charge in [-0.2, -0.15) is 5.26 Å². The monoisotopic (exact) mass is 342 g/mol. The number of nitrogens with zero attached hydrogens (tertiary/aromatic N) is 3. The number of nitrogens with one attached hydrogen (secondary N) is 1. The summed E-state index contributed by atoms with van der Waals surface area (Å²) in [7, 11) is 0. The van der Waals surface area contributed by atoms with Gasteiger partial charge >= 0.3 is 0 Å². The largest absolute Gasteiger partial charge is 0.375 e. The number of ether oxygens (including phenoxy) is 1. The number of pyridine rings is 1. The molecule has 2 aromatic heterocycles. The molecule has 0 aliphatic carbocycles. The second kappa shape index (κ2) is 6.67. The third kappa shape index (κ3) is 3.16. The van der Waals surface area contributed by atoms with Crippen molar-refractivity contribution >= 4 is 17.2 Å². The number of hydrogen-bond donors (Lipinski definition) is 1. The molecule has 1 saturated heterocycles. The van der Waals surface area contributed by atoms with E-state index in [4.69, 9.17) is 4.74 Å². The van der Waals surface area contributed by atoms with Crippen LogP contribution in [-0.2, 0) is 4.74 Å². The predicted molar refractivity (Wildman–Crippen MR) is 90.5 cm³/mol. The lowest BCUT2D eigenvalue weighted by molar-refractivity contribution is 0.0528. The second-order valence-corrected chi connectivity index (χ2v) is 6.94. The summed E-state index contributed by atoms with van der Waals surface area (Å²) in [5.41, 5.74) is 0.467. The van der Waals surface area contributed by atoms with Crippen LogP contribution >= 0.6 is 11.3 Å². The van der Waals surface area contributed by atoms with E-state index in [0.29, 0.717) is 17.2 Å². The first kappa shape index (κ1) is 16.6. The normalized spacial score (nSPS) is 19.5. The third-order valence-electron chi connectivity index (χ3n) is 4.09. The van der Waals surface area contributed by atoms with E-state index in [9.17, 15) is 10.1 Å². The van der Waals surface area contributed by atoms with Crippen LogP contribution in [0.3, 0.4) is 0 Å². The average Bonchev–Trinajstić information content (AvgIpc) is 3.25. The summed E-state index contributed by atoms with van der Waals surface area (Å²) in [6.45, 7) is 4.13. The lowest BCUT2D eigenvalue weighted by atomic mass is 9.94. The summed E-state index contributed by atoms with van der Waals surface area (Å²) >= 11 is 1.30. The standard InChI is InChI=1S/C17H18N4O2S/c1-11-14(24-16(20-11)12-5-3-7-19-9-12)15(22)21-17(2,10-18)13-6-4-8-23-13/h3,5,7,9,13H,4,6,8H2,1-2H3,(H,21,22). The number of amides is 1. The van der Waals surface area contributed by atoms with Crippen LogP contribution in [0.5, 0.6) is 0 Å². The minimum atomic E-state index is -1.04. The van der Waals surface area contributed by atoms with Crippen molar-refractivity contribution in [2.45, 2.75) is 38.3 Å². The van der Waals surface area contributed by atoms with E-state index < -0.39 is 5.54 Å². The Morgan fingerprint density at radius 3 is 3.04 bits per heavy atom. The molecule has 3 heterocycles. The van der Waals surface area contributed by atoms with Crippen molar-refractivity contribution in [3.8, 4) is 16.6 Å². The van der Waals surface area contributed by atoms with Gasteiger partial charge in [0, 0.05) is 24.6 Å². The Morgan fingerprint density at radius 1 is 1.58 bits per heavy atom. The number of hydrogen-bond acceptors (Lipinski definition) is 6. The van der Waals surface area contributed by atoms with E-state index in [0.717, 1.165) is 23.4 Å². The molecule has 2 atom stereocenters. The Balaban J connectivity index is 1.83. The quantitative estimate of drug-likeness (QED) is 0.923. The van der Waals surface area contributed by atoms with E-state index in [-0.39, 0.29) is 12.0 Å². The fourth-order valence-corrected chi connectivity index (χ4v) is 3.68. The number of thiazole rings is 1. The molecular weight excluding hydrogens is 324 g/mol. The minimum absolute atomic E-state index is 0.280. The molecule has 2 aromatic rings. The van der Waals surface area contributed by atoms with Crippen LogP contribution < -0.4 is 5.32 Å². The predicted octanol–water partition coefficient (Wildman–Crippen LogP) is 2.70. The fraction of sp³-hybridized carbons (Fsp3) is 0.412. The maximum absolute atomic E-state index is 12.7. The molecule has 1 aliphatic heterocycles. The first-order valence-electron chi connectivity index (χ1n) is 7.76. The zero-order valence-corrected chi connectivity index (χ0v) is 14.4. The van der Waals surface area contributed by atoms with E-state index in [1.54, 1.807) is 26.2 Å². The highest BCUT2D eigenvalue weighted by atomic mass is 32.1. The molecule has 0 spiro atoms. The fourth-order valence-electron chi connectivity index (χ4n) is 2.73. The van der Waals surface area contributed by atoms with Crippen LogP contribution in [0.25, 0.3) is 10.6 Å². The van der Waals surface area contributed by atoms with Crippen LogP contribution in [0.4, 0.5) is 0 Å². The number of aryl methyl sites for hydroxylation is 1. The van der Waals surface area contributed by atoms with Crippen molar-refractivity contribution in [2.75, 3.05) is 6.61 Å². The SMILES string of the molecule is Cc1nc(-c2cccnc2)sc1C(=O)NC(C)(C#N)C1CCCO1. The maximum Gasteiger partial charge on any atom is 0.264 e. The number of aromatic nitrogens is 2. The second-order valence-electron chi connectivity index (χ2n) is 5.95.